The van der Waals surface area contributed by atoms with Crippen molar-refractivity contribution in [1.82, 2.24) is 0 Å². The molecule has 0 unspecified atom stereocenters. The Hall–Kier alpha value is -1.48. The zero-order valence-electron chi connectivity index (χ0n) is 11.6. The van der Waals surface area contributed by atoms with E-state index in [0.717, 1.165) is 5.69 Å². The minimum Gasteiger partial charge on any atom is -0.455 e. The van der Waals surface area contributed by atoms with E-state index in [0.29, 0.717) is 11.0 Å². The highest BCUT2D eigenvalue weighted by Crippen LogP contribution is 2.39. The van der Waals surface area contributed by atoms with Gasteiger partial charge in [0.2, 0.25) is 0 Å². The Bertz CT molecular complexity index is 497. The molecule has 0 bridgehead atoms. The van der Waals surface area contributed by atoms with Crippen molar-refractivity contribution in [2.45, 2.75) is 38.9 Å². The summed E-state index contributed by atoms with van der Waals surface area (Å²) in [6, 6.07) is 7.30. The highest BCUT2D eigenvalue weighted by molar-refractivity contribution is 6.30. The Balaban J connectivity index is 2.06. The average Bonchev–Trinajstić information content (AvgIpc) is 2.50. The maximum absolute atomic E-state index is 5.81. The molecule has 1 saturated heterocycles. The Morgan fingerprint density at radius 2 is 1.53 bits per heavy atom. The molecular formula is C15H18ClNO2. The van der Waals surface area contributed by atoms with Crippen LogP contribution in [0.25, 0.3) is 0 Å². The smallest absolute Gasteiger partial charge is 0.282 e. The summed E-state index contributed by atoms with van der Waals surface area (Å²) in [5.74, 6) is 0.493. The highest BCUT2D eigenvalue weighted by Gasteiger charge is 2.48. The Labute approximate surface area is 118 Å². The topological polar surface area (TPSA) is 30.8 Å². The summed E-state index contributed by atoms with van der Waals surface area (Å²) in [5.41, 5.74) is 0.123. The first-order chi connectivity index (χ1) is 8.80. The van der Waals surface area contributed by atoms with Gasteiger partial charge in [0.25, 0.3) is 5.95 Å². The van der Waals surface area contributed by atoms with Gasteiger partial charge in [0, 0.05) is 17.3 Å². The molecule has 102 valence electrons. The van der Waals surface area contributed by atoms with Crippen molar-refractivity contribution in [2.75, 3.05) is 0 Å². The van der Waals surface area contributed by atoms with Gasteiger partial charge in [-0.1, -0.05) is 11.6 Å². The van der Waals surface area contributed by atoms with Crippen LogP contribution in [-0.4, -0.2) is 17.4 Å². The van der Waals surface area contributed by atoms with Crippen LogP contribution in [0.1, 0.15) is 27.7 Å². The molecule has 4 heteroatoms. The lowest BCUT2D eigenvalue weighted by molar-refractivity contribution is 0.00578. The molecule has 0 atom stereocenters. The lowest BCUT2D eigenvalue weighted by atomic mass is 9.90. The van der Waals surface area contributed by atoms with Gasteiger partial charge in [0.05, 0.1) is 5.69 Å². The van der Waals surface area contributed by atoms with Crippen molar-refractivity contribution in [2.24, 2.45) is 4.99 Å². The summed E-state index contributed by atoms with van der Waals surface area (Å²) in [7, 11) is 0. The second-order valence-electron chi connectivity index (χ2n) is 5.47. The van der Waals surface area contributed by atoms with Gasteiger partial charge >= 0.3 is 0 Å². The normalized spacial score (nSPS) is 20.2. The van der Waals surface area contributed by atoms with E-state index in [-0.39, 0.29) is 11.2 Å². The zero-order valence-corrected chi connectivity index (χ0v) is 12.4. The number of halogens is 1. The first-order valence-electron chi connectivity index (χ1n) is 6.18. The first kappa shape index (κ1) is 13.9. The third-order valence-electron chi connectivity index (χ3n) is 3.42. The number of nitrogens with zero attached hydrogens (tertiary/aromatic N) is 1. The quantitative estimate of drug-likeness (QED) is 0.747. The third kappa shape index (κ3) is 3.10. The number of rotatable bonds is 2. The second kappa shape index (κ2) is 4.89. The van der Waals surface area contributed by atoms with E-state index in [2.05, 4.69) is 4.99 Å². The lowest BCUT2D eigenvalue weighted by Crippen LogP contribution is -2.41. The zero-order chi connectivity index (χ0) is 14.1. The predicted octanol–water partition coefficient (Wildman–Crippen LogP) is 4.49. The van der Waals surface area contributed by atoms with Crippen molar-refractivity contribution >= 4 is 23.5 Å². The summed E-state index contributed by atoms with van der Waals surface area (Å²) >= 11 is 5.81. The van der Waals surface area contributed by atoms with Crippen LogP contribution in [0.2, 0.25) is 5.02 Å². The fourth-order valence-electron chi connectivity index (χ4n) is 1.55. The standard InChI is InChI=1S/C15H18ClNO2/c1-14(2)15(3,4)19-13(18-14)9-10-17-12-7-5-11(16)6-8-12/h5-10H,1-4H3. The van der Waals surface area contributed by atoms with E-state index in [1.54, 1.807) is 24.4 Å². The molecule has 1 fully saturated rings. The van der Waals surface area contributed by atoms with Crippen LogP contribution in [-0.2, 0) is 9.47 Å². The van der Waals surface area contributed by atoms with E-state index in [1.807, 2.05) is 39.8 Å². The molecule has 1 aromatic rings. The summed E-state index contributed by atoms with van der Waals surface area (Å²) in [4.78, 5) is 4.29. The van der Waals surface area contributed by atoms with Crippen LogP contribution in [0, 0.1) is 0 Å². The van der Waals surface area contributed by atoms with Crippen molar-refractivity contribution in [3.05, 3.63) is 41.3 Å². The van der Waals surface area contributed by atoms with Crippen LogP contribution in [0.5, 0.6) is 0 Å². The summed E-state index contributed by atoms with van der Waals surface area (Å²) in [5, 5.41) is 0.697. The second-order valence-corrected chi connectivity index (χ2v) is 5.90. The SMILES string of the molecule is CC1(C)OC(=CC=Nc2ccc(Cl)cc2)OC1(C)C. The molecule has 0 aliphatic carbocycles. The van der Waals surface area contributed by atoms with Crippen molar-refractivity contribution in [3.8, 4) is 0 Å². The van der Waals surface area contributed by atoms with Gasteiger partial charge in [-0.2, -0.15) is 0 Å². The monoisotopic (exact) mass is 279 g/mol. The molecule has 0 radical (unpaired) electrons. The van der Waals surface area contributed by atoms with Crippen molar-refractivity contribution in [3.63, 3.8) is 0 Å². The summed E-state index contributed by atoms with van der Waals surface area (Å²) in [6.45, 7) is 8.02. The Morgan fingerprint density at radius 1 is 1.00 bits per heavy atom. The van der Waals surface area contributed by atoms with Crippen LogP contribution in [0.15, 0.2) is 41.3 Å². The molecule has 1 aliphatic rings. The summed E-state index contributed by atoms with van der Waals surface area (Å²) < 4.78 is 11.5. The Morgan fingerprint density at radius 3 is 2.05 bits per heavy atom. The van der Waals surface area contributed by atoms with E-state index >= 15 is 0 Å². The molecule has 2 rings (SSSR count). The van der Waals surface area contributed by atoms with Crippen LogP contribution in [0.4, 0.5) is 5.69 Å². The number of ether oxygens (including phenoxy) is 2. The van der Waals surface area contributed by atoms with Gasteiger partial charge in [-0.05, 0) is 52.0 Å². The molecule has 0 saturated carbocycles. The van der Waals surface area contributed by atoms with E-state index in [1.165, 1.54) is 0 Å². The molecule has 0 N–H and O–H groups in total. The van der Waals surface area contributed by atoms with Crippen LogP contribution in [0.3, 0.4) is 0 Å². The number of benzene rings is 1. The molecule has 19 heavy (non-hydrogen) atoms. The molecule has 0 aromatic heterocycles. The van der Waals surface area contributed by atoms with Crippen molar-refractivity contribution in [1.29, 1.82) is 0 Å². The van der Waals surface area contributed by atoms with Crippen molar-refractivity contribution < 1.29 is 9.47 Å². The number of hydrogen-bond acceptors (Lipinski definition) is 3. The first-order valence-corrected chi connectivity index (χ1v) is 6.56. The maximum atomic E-state index is 5.81. The molecule has 0 spiro atoms. The molecule has 1 aromatic carbocycles. The van der Waals surface area contributed by atoms with Gasteiger partial charge in [-0.25, -0.2) is 0 Å². The third-order valence-corrected chi connectivity index (χ3v) is 3.67. The average molecular weight is 280 g/mol. The Kier molecular flexibility index (Phi) is 3.59. The van der Waals surface area contributed by atoms with E-state index < -0.39 is 0 Å². The molecule has 1 heterocycles. The number of aliphatic imine (C=N–C) groups is 1. The van der Waals surface area contributed by atoms with Gasteiger partial charge < -0.3 is 9.47 Å². The molecular weight excluding hydrogens is 262 g/mol. The molecule has 3 nitrogen and oxygen atoms in total. The maximum Gasteiger partial charge on any atom is 0.282 e. The highest BCUT2D eigenvalue weighted by atomic mass is 35.5. The van der Waals surface area contributed by atoms with Gasteiger partial charge in [-0.15, -0.1) is 0 Å². The van der Waals surface area contributed by atoms with Crippen LogP contribution < -0.4 is 0 Å². The fourth-order valence-corrected chi connectivity index (χ4v) is 1.67. The largest absolute Gasteiger partial charge is 0.455 e. The summed E-state index contributed by atoms with van der Waals surface area (Å²) in [6.07, 6.45) is 3.39. The van der Waals surface area contributed by atoms with Crippen LogP contribution >= 0.6 is 11.6 Å². The minimum absolute atomic E-state index is 0.354. The lowest BCUT2D eigenvalue weighted by Gasteiger charge is -2.28. The minimum atomic E-state index is -0.354. The van der Waals surface area contributed by atoms with Gasteiger partial charge in [0.15, 0.2) is 0 Å². The number of hydrogen-bond donors (Lipinski definition) is 0. The molecule has 1 aliphatic heterocycles. The van der Waals surface area contributed by atoms with Gasteiger partial charge in [0.1, 0.15) is 11.2 Å². The number of allylic oxidation sites excluding steroid dienone is 1. The van der Waals surface area contributed by atoms with E-state index in [4.69, 9.17) is 21.1 Å². The molecule has 0 amide bonds. The fraction of sp³-hybridized carbons (Fsp3) is 0.400. The predicted molar refractivity (Wildman–Crippen MR) is 78.0 cm³/mol. The van der Waals surface area contributed by atoms with Gasteiger partial charge in [-0.3, -0.25) is 4.99 Å². The van der Waals surface area contributed by atoms with E-state index in [9.17, 15) is 0 Å².